The van der Waals surface area contributed by atoms with E-state index in [0.29, 0.717) is 12.4 Å². The smallest absolute Gasteiger partial charge is 0.254 e. The van der Waals surface area contributed by atoms with Crippen molar-refractivity contribution < 1.29 is 9.53 Å². The predicted molar refractivity (Wildman–Crippen MR) is 84.2 cm³/mol. The van der Waals surface area contributed by atoms with Crippen LogP contribution in [0.5, 0.6) is 0 Å². The molecule has 0 unspecified atom stereocenters. The fourth-order valence-corrected chi connectivity index (χ4v) is 2.56. The zero-order valence-electron chi connectivity index (χ0n) is 11.9. The van der Waals surface area contributed by atoms with Gasteiger partial charge in [0.15, 0.2) is 0 Å². The SMILES string of the molecule is Cl.O=C(Nc1ccc(N2CCNCC2)cn1)[C@H]1CCCO1. The van der Waals surface area contributed by atoms with Gasteiger partial charge in [-0.2, -0.15) is 0 Å². The van der Waals surface area contributed by atoms with Gasteiger partial charge in [-0.1, -0.05) is 0 Å². The number of carbonyl (C=O) groups is 1. The topological polar surface area (TPSA) is 66.5 Å². The van der Waals surface area contributed by atoms with Crippen molar-refractivity contribution >= 4 is 29.8 Å². The molecule has 3 heterocycles. The Kier molecular flexibility index (Phi) is 5.78. The second kappa shape index (κ2) is 7.59. The van der Waals surface area contributed by atoms with Gasteiger partial charge in [-0.05, 0) is 25.0 Å². The number of rotatable bonds is 3. The summed E-state index contributed by atoms with van der Waals surface area (Å²) in [6.45, 7) is 4.65. The van der Waals surface area contributed by atoms with E-state index >= 15 is 0 Å². The number of carbonyl (C=O) groups excluding carboxylic acids is 1. The molecular weight excluding hydrogens is 292 g/mol. The van der Waals surface area contributed by atoms with E-state index in [-0.39, 0.29) is 24.4 Å². The lowest BCUT2D eigenvalue weighted by Gasteiger charge is -2.29. The fourth-order valence-electron chi connectivity index (χ4n) is 2.56. The second-order valence-corrected chi connectivity index (χ2v) is 5.13. The molecule has 2 fully saturated rings. The summed E-state index contributed by atoms with van der Waals surface area (Å²) in [5.41, 5.74) is 1.10. The normalized spacial score (nSPS) is 21.7. The number of nitrogens with one attached hydrogen (secondary N) is 2. The molecule has 1 aromatic rings. The van der Waals surface area contributed by atoms with Crippen LogP contribution >= 0.6 is 12.4 Å². The fraction of sp³-hybridized carbons (Fsp3) is 0.571. The third kappa shape index (κ3) is 4.06. The van der Waals surface area contributed by atoms with Crippen LogP contribution in [0.25, 0.3) is 0 Å². The van der Waals surface area contributed by atoms with Crippen LogP contribution in [0.15, 0.2) is 18.3 Å². The Labute approximate surface area is 130 Å². The van der Waals surface area contributed by atoms with Crippen molar-refractivity contribution in [2.24, 2.45) is 0 Å². The van der Waals surface area contributed by atoms with Crippen molar-refractivity contribution in [2.75, 3.05) is 43.0 Å². The Morgan fingerprint density at radius 1 is 1.38 bits per heavy atom. The highest BCUT2D eigenvalue weighted by Gasteiger charge is 2.23. The van der Waals surface area contributed by atoms with Crippen molar-refractivity contribution in [3.8, 4) is 0 Å². The molecule has 0 aliphatic carbocycles. The van der Waals surface area contributed by atoms with Crippen LogP contribution in [0.3, 0.4) is 0 Å². The molecule has 0 bridgehead atoms. The number of aromatic nitrogens is 1. The molecular formula is C14H21ClN4O2. The maximum atomic E-state index is 11.9. The summed E-state index contributed by atoms with van der Waals surface area (Å²) in [7, 11) is 0. The average Bonchev–Trinajstić information content (AvgIpc) is 3.03. The van der Waals surface area contributed by atoms with Gasteiger partial charge >= 0.3 is 0 Å². The van der Waals surface area contributed by atoms with E-state index in [9.17, 15) is 4.79 Å². The molecule has 1 aromatic heterocycles. The van der Waals surface area contributed by atoms with Crippen molar-refractivity contribution in [2.45, 2.75) is 18.9 Å². The van der Waals surface area contributed by atoms with E-state index in [0.717, 1.165) is 44.7 Å². The zero-order valence-corrected chi connectivity index (χ0v) is 12.7. The number of pyridine rings is 1. The van der Waals surface area contributed by atoms with E-state index in [1.807, 2.05) is 18.3 Å². The van der Waals surface area contributed by atoms with Crippen LogP contribution in [-0.4, -0.2) is 49.8 Å². The zero-order chi connectivity index (χ0) is 13.8. The number of anilines is 2. The van der Waals surface area contributed by atoms with Gasteiger partial charge in [0, 0.05) is 32.8 Å². The third-order valence-electron chi connectivity index (χ3n) is 3.70. The number of hydrogen-bond acceptors (Lipinski definition) is 5. The summed E-state index contributed by atoms with van der Waals surface area (Å²) < 4.78 is 5.35. The van der Waals surface area contributed by atoms with Gasteiger partial charge in [0.1, 0.15) is 11.9 Å². The summed E-state index contributed by atoms with van der Waals surface area (Å²) in [6.07, 6.45) is 3.25. The van der Waals surface area contributed by atoms with E-state index < -0.39 is 0 Å². The monoisotopic (exact) mass is 312 g/mol. The highest BCUT2D eigenvalue weighted by Crippen LogP contribution is 2.17. The summed E-state index contributed by atoms with van der Waals surface area (Å²) >= 11 is 0. The third-order valence-corrected chi connectivity index (χ3v) is 3.70. The number of halogens is 1. The van der Waals surface area contributed by atoms with Gasteiger partial charge in [-0.3, -0.25) is 4.79 Å². The molecule has 2 saturated heterocycles. The Morgan fingerprint density at radius 3 is 2.81 bits per heavy atom. The first-order valence-corrected chi connectivity index (χ1v) is 7.17. The van der Waals surface area contributed by atoms with Gasteiger partial charge in [0.2, 0.25) is 0 Å². The van der Waals surface area contributed by atoms with Gasteiger partial charge in [-0.25, -0.2) is 4.98 Å². The van der Waals surface area contributed by atoms with Gasteiger partial charge in [0.05, 0.1) is 11.9 Å². The first-order chi connectivity index (χ1) is 9.83. The molecule has 3 rings (SSSR count). The number of ether oxygens (including phenoxy) is 1. The number of hydrogen-bond donors (Lipinski definition) is 2. The highest BCUT2D eigenvalue weighted by atomic mass is 35.5. The second-order valence-electron chi connectivity index (χ2n) is 5.13. The molecule has 0 radical (unpaired) electrons. The van der Waals surface area contributed by atoms with Gasteiger partial charge < -0.3 is 20.3 Å². The maximum Gasteiger partial charge on any atom is 0.254 e. The van der Waals surface area contributed by atoms with Crippen LogP contribution in [0, 0.1) is 0 Å². The van der Waals surface area contributed by atoms with E-state index in [1.165, 1.54) is 0 Å². The minimum Gasteiger partial charge on any atom is -0.368 e. The molecule has 116 valence electrons. The minimum atomic E-state index is -0.315. The van der Waals surface area contributed by atoms with Crippen molar-refractivity contribution in [3.05, 3.63) is 18.3 Å². The van der Waals surface area contributed by atoms with E-state index in [2.05, 4.69) is 20.5 Å². The van der Waals surface area contributed by atoms with Gasteiger partial charge in [0.25, 0.3) is 5.91 Å². The summed E-state index contributed by atoms with van der Waals surface area (Å²) in [5, 5.41) is 6.13. The van der Waals surface area contributed by atoms with Crippen molar-refractivity contribution in [1.82, 2.24) is 10.3 Å². The van der Waals surface area contributed by atoms with Crippen molar-refractivity contribution in [3.63, 3.8) is 0 Å². The summed E-state index contributed by atoms with van der Waals surface area (Å²) in [5.74, 6) is 0.495. The van der Waals surface area contributed by atoms with Crippen molar-refractivity contribution in [1.29, 1.82) is 0 Å². The molecule has 1 atom stereocenters. The lowest BCUT2D eigenvalue weighted by molar-refractivity contribution is -0.124. The molecule has 0 saturated carbocycles. The molecule has 7 heteroatoms. The summed E-state index contributed by atoms with van der Waals surface area (Å²) in [4.78, 5) is 18.5. The average molecular weight is 313 g/mol. The van der Waals surface area contributed by atoms with E-state index in [4.69, 9.17) is 4.74 Å². The quantitative estimate of drug-likeness (QED) is 0.872. The minimum absolute atomic E-state index is 0. The number of piperazine rings is 1. The molecule has 2 N–H and O–H groups in total. The predicted octanol–water partition coefficient (Wildman–Crippen LogP) is 1.03. The van der Waals surface area contributed by atoms with Crippen LogP contribution in [0.2, 0.25) is 0 Å². The Balaban J connectivity index is 0.00000161. The molecule has 1 amide bonds. The lowest BCUT2D eigenvalue weighted by Crippen LogP contribution is -2.43. The number of amides is 1. The molecule has 21 heavy (non-hydrogen) atoms. The Bertz CT molecular complexity index is 457. The summed E-state index contributed by atoms with van der Waals surface area (Å²) in [6, 6.07) is 3.85. The largest absolute Gasteiger partial charge is 0.368 e. The Morgan fingerprint density at radius 2 is 2.19 bits per heavy atom. The Hall–Kier alpha value is -1.37. The molecule has 0 aromatic carbocycles. The van der Waals surface area contributed by atoms with E-state index in [1.54, 1.807) is 0 Å². The van der Waals surface area contributed by atoms with Crippen LogP contribution < -0.4 is 15.5 Å². The van der Waals surface area contributed by atoms with Crippen LogP contribution in [-0.2, 0) is 9.53 Å². The highest BCUT2D eigenvalue weighted by molar-refractivity contribution is 5.93. The van der Waals surface area contributed by atoms with Crippen LogP contribution in [0.1, 0.15) is 12.8 Å². The molecule has 6 nitrogen and oxygen atoms in total. The first kappa shape index (κ1) is 16.0. The lowest BCUT2D eigenvalue weighted by atomic mass is 10.2. The maximum absolute atomic E-state index is 11.9. The number of nitrogens with zero attached hydrogens (tertiary/aromatic N) is 2. The molecule has 2 aliphatic rings. The van der Waals surface area contributed by atoms with Crippen LogP contribution in [0.4, 0.5) is 11.5 Å². The first-order valence-electron chi connectivity index (χ1n) is 7.17. The van der Waals surface area contributed by atoms with Gasteiger partial charge in [-0.15, -0.1) is 12.4 Å². The molecule has 0 spiro atoms. The molecule has 2 aliphatic heterocycles. The standard InChI is InChI=1S/C14H20N4O2.ClH/c19-14(12-2-1-9-20-12)17-13-4-3-11(10-16-13)18-7-5-15-6-8-18;/h3-4,10,12,15H,1-2,5-9H2,(H,16,17,19);1H/t12-;/m1./s1.